The third kappa shape index (κ3) is 5.31. The Morgan fingerprint density at radius 2 is 2.14 bits per heavy atom. The monoisotopic (exact) mass is 371 g/mol. The van der Waals surface area contributed by atoms with Crippen LogP contribution in [-0.4, -0.2) is 26.4 Å². The molecule has 0 aromatic carbocycles. The molecule has 0 saturated heterocycles. The van der Waals surface area contributed by atoms with Crippen molar-refractivity contribution in [3.63, 3.8) is 0 Å². The summed E-state index contributed by atoms with van der Waals surface area (Å²) in [7, 11) is 0.706. The summed E-state index contributed by atoms with van der Waals surface area (Å²) in [6.07, 6.45) is 6.58. The number of hydrogen-bond acceptors (Lipinski definition) is 2. The van der Waals surface area contributed by atoms with Crippen LogP contribution in [0.1, 0.15) is 18.4 Å². The van der Waals surface area contributed by atoms with Gasteiger partial charge < -0.3 is 14.0 Å². The second-order valence-corrected chi connectivity index (χ2v) is 13.4. The highest BCUT2D eigenvalue weighted by atomic mass is 79.9. The van der Waals surface area contributed by atoms with Crippen LogP contribution in [0.2, 0.25) is 25.7 Å². The fourth-order valence-corrected chi connectivity index (χ4v) is 3.41. The number of aromatic nitrogens is 1. The van der Waals surface area contributed by atoms with E-state index in [0.29, 0.717) is 12.6 Å². The average molecular weight is 372 g/mol. The van der Waals surface area contributed by atoms with Crippen LogP contribution in [-0.2, 0) is 16.2 Å². The molecular weight excluding hydrogens is 346 g/mol. The zero-order valence-electron chi connectivity index (χ0n) is 13.5. The van der Waals surface area contributed by atoms with E-state index in [9.17, 15) is 0 Å². The number of halogens is 1. The third-order valence-electron chi connectivity index (χ3n) is 3.67. The molecule has 118 valence electrons. The summed E-state index contributed by atoms with van der Waals surface area (Å²) in [6.45, 7) is 8.57. The minimum absolute atomic E-state index is 0.607. The van der Waals surface area contributed by atoms with Gasteiger partial charge >= 0.3 is 0 Å². The van der Waals surface area contributed by atoms with Crippen molar-refractivity contribution in [2.45, 2.75) is 45.3 Å². The van der Waals surface area contributed by atoms with Gasteiger partial charge in [-0.05, 0) is 57.9 Å². The molecule has 0 atom stereocenters. The summed E-state index contributed by atoms with van der Waals surface area (Å²) >= 11 is 3.62. The molecule has 0 aliphatic heterocycles. The third-order valence-corrected chi connectivity index (χ3v) is 6.05. The lowest BCUT2D eigenvalue weighted by Crippen LogP contribution is -2.22. The number of ether oxygens (including phenoxy) is 2. The van der Waals surface area contributed by atoms with Crippen LogP contribution < -0.4 is 0 Å². The minimum atomic E-state index is -1.01. The van der Waals surface area contributed by atoms with Crippen molar-refractivity contribution in [3.05, 3.63) is 28.7 Å². The van der Waals surface area contributed by atoms with Gasteiger partial charge in [-0.15, -0.1) is 0 Å². The second kappa shape index (κ2) is 7.16. The van der Waals surface area contributed by atoms with Crippen molar-refractivity contribution in [1.29, 1.82) is 0 Å². The van der Waals surface area contributed by atoms with Crippen molar-refractivity contribution >= 4 is 29.6 Å². The molecule has 1 heterocycles. The summed E-state index contributed by atoms with van der Waals surface area (Å²) in [6, 6.07) is 3.36. The molecule has 1 aliphatic rings. The lowest BCUT2D eigenvalue weighted by Gasteiger charge is -2.15. The predicted molar refractivity (Wildman–Crippen MR) is 93.9 cm³/mol. The van der Waals surface area contributed by atoms with E-state index in [1.165, 1.54) is 30.0 Å². The molecule has 0 radical (unpaired) electrons. The van der Waals surface area contributed by atoms with Crippen LogP contribution in [0.25, 0.3) is 5.57 Å². The summed E-state index contributed by atoms with van der Waals surface area (Å²) in [5.41, 5.74) is 2.54. The van der Waals surface area contributed by atoms with Crippen molar-refractivity contribution in [1.82, 2.24) is 4.57 Å². The number of hydrogen-bond donors (Lipinski definition) is 0. The maximum Gasteiger partial charge on any atom is 0.123 e. The zero-order valence-corrected chi connectivity index (χ0v) is 16.1. The first-order valence-corrected chi connectivity index (χ1v) is 12.1. The Labute approximate surface area is 137 Å². The molecule has 0 N–H and O–H groups in total. The van der Waals surface area contributed by atoms with Crippen molar-refractivity contribution in [3.8, 4) is 0 Å². The Kier molecular flexibility index (Phi) is 5.74. The molecule has 1 saturated carbocycles. The van der Waals surface area contributed by atoms with E-state index in [2.05, 4.69) is 52.4 Å². The van der Waals surface area contributed by atoms with Gasteiger partial charge in [0.1, 0.15) is 6.73 Å². The van der Waals surface area contributed by atoms with Gasteiger partial charge in [-0.1, -0.05) is 19.6 Å². The lowest BCUT2D eigenvalue weighted by atomic mass is 10.1. The summed E-state index contributed by atoms with van der Waals surface area (Å²) in [4.78, 5) is 0. The fraction of sp³-hybridized carbons (Fsp3) is 0.625. The molecule has 1 aliphatic carbocycles. The number of rotatable bonds is 8. The second-order valence-electron chi connectivity index (χ2n) is 6.95. The van der Waals surface area contributed by atoms with E-state index in [1.807, 2.05) is 6.26 Å². The fourth-order valence-electron chi connectivity index (χ4n) is 2.20. The van der Waals surface area contributed by atoms with Crippen LogP contribution in [0.4, 0.5) is 0 Å². The molecule has 0 bridgehead atoms. The molecule has 1 aromatic rings. The van der Waals surface area contributed by atoms with Gasteiger partial charge in [-0.3, -0.25) is 0 Å². The van der Waals surface area contributed by atoms with Crippen molar-refractivity contribution in [2.24, 2.45) is 5.92 Å². The molecule has 2 rings (SSSR count). The molecule has 0 spiro atoms. The first kappa shape index (κ1) is 16.8. The maximum absolute atomic E-state index is 5.82. The van der Waals surface area contributed by atoms with E-state index >= 15 is 0 Å². The average Bonchev–Trinajstić information content (AvgIpc) is 3.15. The van der Waals surface area contributed by atoms with Crippen LogP contribution in [0.15, 0.2) is 23.1 Å². The van der Waals surface area contributed by atoms with Gasteiger partial charge in [0.2, 0.25) is 0 Å². The quantitative estimate of drug-likeness (QED) is 0.366. The predicted octanol–water partition coefficient (Wildman–Crippen LogP) is 4.96. The minimum Gasteiger partial charge on any atom is -0.504 e. The number of methoxy groups -OCH3 is 1. The normalized spacial score (nSPS) is 16.3. The Bertz CT molecular complexity index is 501. The highest BCUT2D eigenvalue weighted by molar-refractivity contribution is 9.10. The highest BCUT2D eigenvalue weighted by Crippen LogP contribution is 2.42. The largest absolute Gasteiger partial charge is 0.504 e. The van der Waals surface area contributed by atoms with E-state index in [-0.39, 0.29) is 0 Å². The Morgan fingerprint density at radius 3 is 2.71 bits per heavy atom. The van der Waals surface area contributed by atoms with Gasteiger partial charge in [-0.2, -0.15) is 0 Å². The van der Waals surface area contributed by atoms with Gasteiger partial charge in [0.05, 0.1) is 18.0 Å². The first-order chi connectivity index (χ1) is 9.90. The Morgan fingerprint density at radius 1 is 1.43 bits per heavy atom. The van der Waals surface area contributed by atoms with Crippen LogP contribution in [0.5, 0.6) is 0 Å². The van der Waals surface area contributed by atoms with E-state index in [0.717, 1.165) is 11.2 Å². The SMILES string of the molecule is COC=C(c1cc(Br)n(COCC[Si](C)(C)C)c1)C1CC1. The van der Waals surface area contributed by atoms with E-state index in [4.69, 9.17) is 9.47 Å². The Balaban J connectivity index is 1.94. The zero-order chi connectivity index (χ0) is 15.5. The van der Waals surface area contributed by atoms with Crippen molar-refractivity contribution < 1.29 is 9.47 Å². The molecule has 1 fully saturated rings. The molecule has 3 nitrogen and oxygen atoms in total. The van der Waals surface area contributed by atoms with Gasteiger partial charge in [-0.25, -0.2) is 0 Å². The van der Waals surface area contributed by atoms with Crippen LogP contribution in [0, 0.1) is 5.92 Å². The standard InChI is InChI=1S/C16H26BrNO2Si/c1-19-11-15(13-5-6-13)14-9-16(17)18(10-14)12-20-7-8-21(2,3)4/h9-11,13H,5-8,12H2,1-4H3. The van der Waals surface area contributed by atoms with Crippen LogP contribution >= 0.6 is 15.9 Å². The van der Waals surface area contributed by atoms with Crippen LogP contribution in [0.3, 0.4) is 0 Å². The summed E-state index contributed by atoms with van der Waals surface area (Å²) in [5.74, 6) is 0.667. The smallest absolute Gasteiger partial charge is 0.123 e. The van der Waals surface area contributed by atoms with E-state index < -0.39 is 8.07 Å². The molecule has 1 aromatic heterocycles. The topological polar surface area (TPSA) is 23.4 Å². The number of allylic oxidation sites excluding steroid dienone is 1. The molecule has 0 amide bonds. The van der Waals surface area contributed by atoms with Gasteiger partial charge in [0.15, 0.2) is 0 Å². The van der Waals surface area contributed by atoms with E-state index in [1.54, 1.807) is 7.11 Å². The number of nitrogens with zero attached hydrogens (tertiary/aromatic N) is 1. The van der Waals surface area contributed by atoms with Gasteiger partial charge in [0.25, 0.3) is 0 Å². The summed E-state index contributed by atoms with van der Waals surface area (Å²) < 4.78 is 14.2. The molecular formula is C16H26BrNO2Si. The maximum atomic E-state index is 5.82. The molecule has 0 unspecified atom stereocenters. The first-order valence-electron chi connectivity index (χ1n) is 7.57. The molecule has 21 heavy (non-hydrogen) atoms. The highest BCUT2D eigenvalue weighted by Gasteiger charge is 2.28. The van der Waals surface area contributed by atoms with Crippen molar-refractivity contribution in [2.75, 3.05) is 13.7 Å². The van der Waals surface area contributed by atoms with Gasteiger partial charge in [0, 0.05) is 20.9 Å². The summed E-state index contributed by atoms with van der Waals surface area (Å²) in [5, 5.41) is 0. The lowest BCUT2D eigenvalue weighted by molar-refractivity contribution is 0.0860. The molecule has 5 heteroatoms. The Hall–Kier alpha value is -0.523.